The SMILES string of the molecule is CCOc1ccccc1NC(=O)OCCCN1CCN(c2cccc(OC)c2)CC1. The normalized spacial score (nSPS) is 14.3. The fraction of sp³-hybridized carbons (Fsp3) is 0.435. The van der Waals surface area contributed by atoms with E-state index in [0.717, 1.165) is 44.9 Å². The fourth-order valence-electron chi connectivity index (χ4n) is 3.49. The van der Waals surface area contributed by atoms with Crippen LogP contribution in [0.2, 0.25) is 0 Å². The Kier molecular flexibility index (Phi) is 8.20. The second-order valence-corrected chi connectivity index (χ2v) is 7.07. The van der Waals surface area contributed by atoms with Gasteiger partial charge in [-0.3, -0.25) is 10.2 Å². The molecule has 0 saturated carbocycles. The van der Waals surface area contributed by atoms with Gasteiger partial charge in [-0.2, -0.15) is 0 Å². The van der Waals surface area contributed by atoms with Crippen molar-refractivity contribution in [2.45, 2.75) is 13.3 Å². The molecule has 2 aromatic carbocycles. The lowest BCUT2D eigenvalue weighted by Crippen LogP contribution is -2.46. The Morgan fingerprint density at radius 2 is 1.87 bits per heavy atom. The van der Waals surface area contributed by atoms with Crippen LogP contribution in [-0.2, 0) is 4.74 Å². The molecule has 1 fully saturated rings. The van der Waals surface area contributed by atoms with Crippen LogP contribution in [0.25, 0.3) is 0 Å². The van der Waals surface area contributed by atoms with Crippen LogP contribution in [0.4, 0.5) is 16.2 Å². The van der Waals surface area contributed by atoms with E-state index in [-0.39, 0.29) is 0 Å². The van der Waals surface area contributed by atoms with Crippen LogP contribution in [0.15, 0.2) is 48.5 Å². The average Bonchev–Trinajstić information content (AvgIpc) is 2.79. The molecule has 0 atom stereocenters. The topological polar surface area (TPSA) is 63.3 Å². The minimum Gasteiger partial charge on any atom is -0.497 e. The number of methoxy groups -OCH3 is 1. The van der Waals surface area contributed by atoms with Crippen molar-refractivity contribution in [3.05, 3.63) is 48.5 Å². The number of ether oxygens (including phenoxy) is 3. The molecule has 1 amide bonds. The second-order valence-electron chi connectivity index (χ2n) is 7.07. The first-order valence-electron chi connectivity index (χ1n) is 10.5. The number of nitrogens with one attached hydrogen (secondary N) is 1. The van der Waals surface area contributed by atoms with E-state index >= 15 is 0 Å². The maximum absolute atomic E-state index is 12.1. The molecule has 1 saturated heterocycles. The number of rotatable bonds is 9. The summed E-state index contributed by atoms with van der Waals surface area (Å²) in [5.41, 5.74) is 1.82. The van der Waals surface area contributed by atoms with Crippen molar-refractivity contribution in [1.29, 1.82) is 0 Å². The highest BCUT2D eigenvalue weighted by Crippen LogP contribution is 2.24. The molecule has 0 aliphatic carbocycles. The summed E-state index contributed by atoms with van der Waals surface area (Å²) in [4.78, 5) is 16.8. The van der Waals surface area contributed by atoms with Gasteiger partial charge >= 0.3 is 6.09 Å². The molecular weight excluding hydrogens is 382 g/mol. The molecule has 30 heavy (non-hydrogen) atoms. The molecule has 2 aromatic rings. The predicted molar refractivity (Wildman–Crippen MR) is 119 cm³/mol. The summed E-state index contributed by atoms with van der Waals surface area (Å²) >= 11 is 0. The summed E-state index contributed by atoms with van der Waals surface area (Å²) in [7, 11) is 1.69. The molecule has 1 aliphatic heterocycles. The van der Waals surface area contributed by atoms with Crippen molar-refractivity contribution in [2.24, 2.45) is 0 Å². The monoisotopic (exact) mass is 413 g/mol. The van der Waals surface area contributed by atoms with Gasteiger partial charge in [0, 0.05) is 44.5 Å². The lowest BCUT2D eigenvalue weighted by molar-refractivity contribution is 0.151. The largest absolute Gasteiger partial charge is 0.497 e. The zero-order chi connectivity index (χ0) is 21.2. The number of anilines is 2. The van der Waals surface area contributed by atoms with E-state index in [1.807, 2.05) is 37.3 Å². The average molecular weight is 414 g/mol. The molecule has 0 spiro atoms. The maximum atomic E-state index is 12.1. The number of piperazine rings is 1. The fourth-order valence-corrected chi connectivity index (χ4v) is 3.49. The van der Waals surface area contributed by atoms with E-state index in [4.69, 9.17) is 14.2 Å². The summed E-state index contributed by atoms with van der Waals surface area (Å²) in [5.74, 6) is 1.53. The van der Waals surface area contributed by atoms with Gasteiger partial charge in [0.05, 0.1) is 26.0 Å². The predicted octanol–water partition coefficient (Wildman–Crippen LogP) is 3.85. The van der Waals surface area contributed by atoms with Crippen molar-refractivity contribution in [3.8, 4) is 11.5 Å². The van der Waals surface area contributed by atoms with Gasteiger partial charge in [-0.1, -0.05) is 18.2 Å². The van der Waals surface area contributed by atoms with Crippen molar-refractivity contribution in [3.63, 3.8) is 0 Å². The Morgan fingerprint density at radius 3 is 2.63 bits per heavy atom. The van der Waals surface area contributed by atoms with Crippen LogP contribution in [-0.4, -0.2) is 64.0 Å². The molecule has 0 aromatic heterocycles. The number of amides is 1. The number of benzene rings is 2. The smallest absolute Gasteiger partial charge is 0.411 e. The van der Waals surface area contributed by atoms with Crippen LogP contribution in [0.3, 0.4) is 0 Å². The zero-order valence-corrected chi connectivity index (χ0v) is 17.8. The Labute approximate surface area is 178 Å². The van der Waals surface area contributed by atoms with Crippen LogP contribution in [0.1, 0.15) is 13.3 Å². The van der Waals surface area contributed by atoms with Gasteiger partial charge in [-0.25, -0.2) is 4.79 Å². The molecule has 1 aliphatic rings. The molecule has 1 heterocycles. The van der Waals surface area contributed by atoms with E-state index in [1.54, 1.807) is 13.2 Å². The minimum atomic E-state index is -0.454. The Balaban J connectivity index is 1.34. The van der Waals surface area contributed by atoms with Gasteiger partial charge < -0.3 is 19.1 Å². The van der Waals surface area contributed by atoms with E-state index in [1.165, 1.54) is 5.69 Å². The quantitative estimate of drug-likeness (QED) is 0.630. The van der Waals surface area contributed by atoms with Crippen LogP contribution in [0.5, 0.6) is 11.5 Å². The lowest BCUT2D eigenvalue weighted by Gasteiger charge is -2.36. The molecule has 0 unspecified atom stereocenters. The van der Waals surface area contributed by atoms with Crippen LogP contribution in [0, 0.1) is 0 Å². The standard InChI is InChI=1S/C23H31N3O4/c1-3-29-22-11-5-4-10-21(22)24-23(27)30-17-7-12-25-13-15-26(16-14-25)19-8-6-9-20(18-19)28-2/h4-6,8-11,18H,3,7,12-17H2,1-2H3,(H,24,27). The summed E-state index contributed by atoms with van der Waals surface area (Å²) < 4.78 is 16.2. The van der Waals surface area contributed by atoms with Crippen molar-refractivity contribution < 1.29 is 19.0 Å². The Morgan fingerprint density at radius 1 is 1.07 bits per heavy atom. The van der Waals surface area contributed by atoms with Gasteiger partial charge in [0.2, 0.25) is 0 Å². The number of carbonyl (C=O) groups excluding carboxylic acids is 1. The molecule has 7 heteroatoms. The molecule has 0 radical (unpaired) electrons. The van der Waals surface area contributed by atoms with Gasteiger partial charge in [-0.15, -0.1) is 0 Å². The van der Waals surface area contributed by atoms with Crippen molar-refractivity contribution in [2.75, 3.05) is 63.3 Å². The van der Waals surface area contributed by atoms with Gasteiger partial charge in [0.25, 0.3) is 0 Å². The van der Waals surface area contributed by atoms with Crippen molar-refractivity contribution in [1.82, 2.24) is 4.90 Å². The number of hydrogen-bond acceptors (Lipinski definition) is 6. The maximum Gasteiger partial charge on any atom is 0.411 e. The molecule has 3 rings (SSSR count). The number of para-hydroxylation sites is 2. The number of nitrogens with zero attached hydrogens (tertiary/aromatic N) is 2. The highest BCUT2D eigenvalue weighted by Gasteiger charge is 2.17. The van der Waals surface area contributed by atoms with Gasteiger partial charge in [0.1, 0.15) is 11.5 Å². The first kappa shape index (κ1) is 21.8. The van der Waals surface area contributed by atoms with Crippen LogP contribution < -0.4 is 19.7 Å². The van der Waals surface area contributed by atoms with E-state index in [0.29, 0.717) is 24.7 Å². The molecular formula is C23H31N3O4. The van der Waals surface area contributed by atoms with E-state index < -0.39 is 6.09 Å². The van der Waals surface area contributed by atoms with E-state index in [9.17, 15) is 4.79 Å². The lowest BCUT2D eigenvalue weighted by atomic mass is 10.2. The Hall–Kier alpha value is -2.93. The van der Waals surface area contributed by atoms with Crippen LogP contribution >= 0.6 is 0 Å². The molecule has 162 valence electrons. The molecule has 7 nitrogen and oxygen atoms in total. The highest BCUT2D eigenvalue weighted by atomic mass is 16.5. The molecule has 1 N–H and O–H groups in total. The van der Waals surface area contributed by atoms with Gasteiger partial charge in [0.15, 0.2) is 0 Å². The first-order valence-corrected chi connectivity index (χ1v) is 10.5. The Bertz CT molecular complexity index is 807. The van der Waals surface area contributed by atoms with Crippen molar-refractivity contribution >= 4 is 17.5 Å². The van der Waals surface area contributed by atoms with E-state index in [2.05, 4.69) is 27.2 Å². The minimum absolute atomic E-state index is 0.388. The zero-order valence-electron chi connectivity index (χ0n) is 17.8. The first-order chi connectivity index (χ1) is 14.7. The number of hydrogen-bond donors (Lipinski definition) is 1. The van der Waals surface area contributed by atoms with Gasteiger partial charge in [-0.05, 0) is 37.6 Å². The third-order valence-corrected chi connectivity index (χ3v) is 5.07. The summed E-state index contributed by atoms with van der Waals surface area (Å²) in [6.07, 6.45) is 0.352. The number of carbonyl (C=O) groups is 1. The molecule has 0 bridgehead atoms. The third kappa shape index (κ3) is 6.29. The summed E-state index contributed by atoms with van der Waals surface area (Å²) in [5, 5.41) is 2.75. The highest BCUT2D eigenvalue weighted by molar-refractivity contribution is 5.86. The third-order valence-electron chi connectivity index (χ3n) is 5.07. The summed E-state index contributed by atoms with van der Waals surface area (Å²) in [6.45, 7) is 7.68. The summed E-state index contributed by atoms with van der Waals surface area (Å²) in [6, 6.07) is 15.5. The second kappa shape index (κ2) is 11.3.